The van der Waals surface area contributed by atoms with E-state index in [1.54, 1.807) is 18.2 Å². The maximum atomic E-state index is 13.2. The zero-order valence-corrected chi connectivity index (χ0v) is 11.3. The van der Waals surface area contributed by atoms with Crippen molar-refractivity contribution in [1.29, 1.82) is 5.26 Å². The van der Waals surface area contributed by atoms with Gasteiger partial charge < -0.3 is 4.74 Å². The summed E-state index contributed by atoms with van der Waals surface area (Å²) in [7, 11) is 0. The maximum absolute atomic E-state index is 13.2. The highest BCUT2D eigenvalue weighted by molar-refractivity contribution is 9.10. The molecule has 0 atom stereocenters. The van der Waals surface area contributed by atoms with Crippen molar-refractivity contribution >= 4 is 27.5 Å². The Morgan fingerprint density at radius 1 is 1.22 bits per heavy atom. The van der Waals surface area contributed by atoms with Crippen LogP contribution < -0.4 is 4.74 Å². The van der Waals surface area contributed by atoms with Crippen LogP contribution in [0.5, 0.6) is 11.5 Å². The van der Waals surface area contributed by atoms with Crippen LogP contribution in [0.1, 0.15) is 5.56 Å². The van der Waals surface area contributed by atoms with Gasteiger partial charge in [0.2, 0.25) is 0 Å². The minimum absolute atomic E-state index is 0.204. The third kappa shape index (κ3) is 3.00. The molecule has 5 heteroatoms. The Balaban J connectivity index is 2.34. The van der Waals surface area contributed by atoms with Crippen molar-refractivity contribution in [3.05, 3.63) is 57.3 Å². The molecule has 0 aliphatic carbocycles. The SMILES string of the molecule is N#Cc1cc(F)cc(Oc2ccc(Cl)cc2Br)c1. The quantitative estimate of drug-likeness (QED) is 0.786. The summed E-state index contributed by atoms with van der Waals surface area (Å²) in [5.41, 5.74) is 0.204. The Labute approximate surface area is 117 Å². The first-order valence-corrected chi connectivity index (χ1v) is 6.09. The van der Waals surface area contributed by atoms with E-state index in [2.05, 4.69) is 15.9 Å². The van der Waals surface area contributed by atoms with Gasteiger partial charge in [-0.1, -0.05) is 11.6 Å². The highest BCUT2D eigenvalue weighted by Gasteiger charge is 2.06. The summed E-state index contributed by atoms with van der Waals surface area (Å²) in [6, 6.07) is 10.7. The third-order valence-electron chi connectivity index (χ3n) is 2.12. The van der Waals surface area contributed by atoms with Crippen LogP contribution in [-0.4, -0.2) is 0 Å². The zero-order chi connectivity index (χ0) is 13.1. The average Bonchev–Trinajstić information content (AvgIpc) is 2.32. The van der Waals surface area contributed by atoms with E-state index >= 15 is 0 Å². The number of halogens is 3. The van der Waals surface area contributed by atoms with Gasteiger partial charge in [0.05, 0.1) is 16.1 Å². The molecule has 2 aromatic carbocycles. The number of hydrogen-bond acceptors (Lipinski definition) is 2. The van der Waals surface area contributed by atoms with Crippen molar-refractivity contribution in [2.24, 2.45) is 0 Å². The fraction of sp³-hybridized carbons (Fsp3) is 0. The first-order chi connectivity index (χ1) is 8.58. The molecule has 0 aromatic heterocycles. The molecule has 0 spiro atoms. The molecule has 0 saturated carbocycles. The van der Waals surface area contributed by atoms with Crippen LogP contribution >= 0.6 is 27.5 Å². The summed E-state index contributed by atoms with van der Waals surface area (Å²) in [6.45, 7) is 0. The Bertz CT molecular complexity index is 639. The van der Waals surface area contributed by atoms with E-state index in [0.717, 1.165) is 6.07 Å². The predicted molar refractivity (Wildman–Crippen MR) is 70.3 cm³/mol. The van der Waals surface area contributed by atoms with Crippen LogP contribution in [0.4, 0.5) is 4.39 Å². The van der Waals surface area contributed by atoms with Crippen LogP contribution in [0, 0.1) is 17.1 Å². The van der Waals surface area contributed by atoms with E-state index in [4.69, 9.17) is 21.6 Å². The molecule has 2 aromatic rings. The second-order valence-electron chi connectivity index (χ2n) is 3.46. The van der Waals surface area contributed by atoms with Crippen LogP contribution in [0.15, 0.2) is 40.9 Å². The highest BCUT2D eigenvalue weighted by atomic mass is 79.9. The van der Waals surface area contributed by atoms with Gasteiger partial charge in [0, 0.05) is 11.1 Å². The molecule has 0 aliphatic heterocycles. The molecule has 0 saturated heterocycles. The molecule has 0 N–H and O–H groups in total. The fourth-order valence-corrected chi connectivity index (χ4v) is 2.13. The summed E-state index contributed by atoms with van der Waals surface area (Å²) in [5.74, 6) is 0.234. The van der Waals surface area contributed by atoms with Crippen molar-refractivity contribution < 1.29 is 9.13 Å². The van der Waals surface area contributed by atoms with E-state index in [1.165, 1.54) is 12.1 Å². The normalized spacial score (nSPS) is 9.89. The van der Waals surface area contributed by atoms with Crippen LogP contribution in [0.3, 0.4) is 0 Å². The minimum atomic E-state index is -0.519. The predicted octanol–water partition coefficient (Wildman–Crippen LogP) is 4.91. The Morgan fingerprint density at radius 2 is 2.00 bits per heavy atom. The minimum Gasteiger partial charge on any atom is -0.456 e. The Hall–Kier alpha value is -1.57. The molecule has 2 nitrogen and oxygen atoms in total. The molecular formula is C13H6BrClFNO. The monoisotopic (exact) mass is 325 g/mol. The van der Waals surface area contributed by atoms with Crippen molar-refractivity contribution in [1.82, 2.24) is 0 Å². The second-order valence-corrected chi connectivity index (χ2v) is 4.75. The molecule has 0 amide bonds. The van der Waals surface area contributed by atoms with Gasteiger partial charge in [0.15, 0.2) is 0 Å². The summed E-state index contributed by atoms with van der Waals surface area (Å²) in [6.07, 6.45) is 0. The van der Waals surface area contributed by atoms with Gasteiger partial charge >= 0.3 is 0 Å². The number of nitrogens with zero attached hydrogens (tertiary/aromatic N) is 1. The topological polar surface area (TPSA) is 33.0 Å². The Kier molecular flexibility index (Phi) is 3.85. The van der Waals surface area contributed by atoms with Crippen molar-refractivity contribution in [3.63, 3.8) is 0 Å². The molecule has 0 unspecified atom stereocenters. The number of rotatable bonds is 2. The fourth-order valence-electron chi connectivity index (χ4n) is 1.37. The summed E-state index contributed by atoms with van der Waals surface area (Å²) >= 11 is 9.09. The lowest BCUT2D eigenvalue weighted by atomic mass is 10.2. The van der Waals surface area contributed by atoms with Crippen molar-refractivity contribution in [3.8, 4) is 17.6 Å². The standard InChI is InChI=1S/C13H6BrClFNO/c14-12-5-9(15)1-2-13(12)18-11-4-8(7-17)3-10(16)6-11/h1-6H. The molecule has 18 heavy (non-hydrogen) atoms. The lowest BCUT2D eigenvalue weighted by molar-refractivity contribution is 0.473. The summed E-state index contributed by atoms with van der Waals surface area (Å²) < 4.78 is 19.4. The molecule has 0 bridgehead atoms. The van der Waals surface area contributed by atoms with Crippen molar-refractivity contribution in [2.75, 3.05) is 0 Å². The smallest absolute Gasteiger partial charge is 0.141 e. The van der Waals surface area contributed by atoms with E-state index < -0.39 is 5.82 Å². The average molecular weight is 327 g/mol. The van der Waals surface area contributed by atoms with E-state index in [1.807, 2.05) is 6.07 Å². The van der Waals surface area contributed by atoms with Crippen LogP contribution in [0.25, 0.3) is 0 Å². The van der Waals surface area contributed by atoms with E-state index in [9.17, 15) is 4.39 Å². The molecule has 0 aliphatic rings. The van der Waals surface area contributed by atoms with Crippen LogP contribution in [0.2, 0.25) is 5.02 Å². The third-order valence-corrected chi connectivity index (χ3v) is 2.98. The lowest BCUT2D eigenvalue weighted by Crippen LogP contribution is -1.88. The van der Waals surface area contributed by atoms with Gasteiger partial charge in [0.25, 0.3) is 0 Å². The lowest BCUT2D eigenvalue weighted by Gasteiger charge is -2.08. The van der Waals surface area contributed by atoms with Gasteiger partial charge in [0.1, 0.15) is 17.3 Å². The number of nitriles is 1. The molecule has 90 valence electrons. The zero-order valence-electron chi connectivity index (χ0n) is 8.95. The van der Waals surface area contributed by atoms with E-state index in [0.29, 0.717) is 15.2 Å². The number of hydrogen-bond donors (Lipinski definition) is 0. The molecule has 2 rings (SSSR count). The van der Waals surface area contributed by atoms with Gasteiger partial charge in [-0.25, -0.2) is 4.39 Å². The summed E-state index contributed by atoms with van der Waals surface area (Å²) in [5, 5.41) is 9.31. The van der Waals surface area contributed by atoms with Gasteiger partial charge in [-0.15, -0.1) is 0 Å². The van der Waals surface area contributed by atoms with E-state index in [-0.39, 0.29) is 11.3 Å². The molecular weight excluding hydrogens is 321 g/mol. The maximum Gasteiger partial charge on any atom is 0.141 e. The highest BCUT2D eigenvalue weighted by Crippen LogP contribution is 2.32. The van der Waals surface area contributed by atoms with Gasteiger partial charge in [-0.2, -0.15) is 5.26 Å². The molecule has 0 heterocycles. The Morgan fingerprint density at radius 3 is 2.67 bits per heavy atom. The number of benzene rings is 2. The largest absolute Gasteiger partial charge is 0.456 e. The summed E-state index contributed by atoms with van der Waals surface area (Å²) in [4.78, 5) is 0. The molecule has 0 radical (unpaired) electrons. The second kappa shape index (κ2) is 5.38. The number of ether oxygens (including phenoxy) is 1. The van der Waals surface area contributed by atoms with Crippen molar-refractivity contribution in [2.45, 2.75) is 0 Å². The first-order valence-electron chi connectivity index (χ1n) is 4.92. The van der Waals surface area contributed by atoms with Gasteiger partial charge in [-0.3, -0.25) is 0 Å². The van der Waals surface area contributed by atoms with Gasteiger partial charge in [-0.05, 0) is 46.3 Å². The van der Waals surface area contributed by atoms with Crippen LogP contribution in [-0.2, 0) is 0 Å². The first kappa shape index (κ1) is 12.9. The molecule has 0 fully saturated rings.